The summed E-state index contributed by atoms with van der Waals surface area (Å²) in [6.07, 6.45) is -4.23. The van der Waals surface area contributed by atoms with Crippen molar-refractivity contribution in [1.82, 2.24) is 0 Å². The van der Waals surface area contributed by atoms with Gasteiger partial charge < -0.3 is 0 Å². The van der Waals surface area contributed by atoms with Crippen LogP contribution < -0.4 is 31.8 Å². The van der Waals surface area contributed by atoms with Crippen LogP contribution in [0.25, 0.3) is 0 Å². The van der Waals surface area contributed by atoms with Crippen LogP contribution >= 0.6 is 15.8 Å². The Labute approximate surface area is 303 Å². The van der Waals surface area contributed by atoms with Gasteiger partial charge in [-0.2, -0.15) is 43.5 Å². The molecule has 0 saturated carbocycles. The summed E-state index contributed by atoms with van der Waals surface area (Å²) in [7, 11) is -0.892. The first-order valence-electron chi connectivity index (χ1n) is 15.4. The van der Waals surface area contributed by atoms with Crippen LogP contribution in [0.15, 0.2) is 206 Å². The van der Waals surface area contributed by atoms with E-state index >= 15 is 0 Å². The molecule has 0 aliphatic carbocycles. The second kappa shape index (κ2) is 19.8. The van der Waals surface area contributed by atoms with Crippen molar-refractivity contribution in [3.05, 3.63) is 218 Å². The Hall–Kier alpha value is -4.15. The molecular formula is C43H34F3P2Pd-. The number of benzene rings is 7. The van der Waals surface area contributed by atoms with E-state index in [0.29, 0.717) is 0 Å². The van der Waals surface area contributed by atoms with Gasteiger partial charge in [-0.25, -0.2) is 0 Å². The summed E-state index contributed by atoms with van der Waals surface area (Å²) in [6.45, 7) is 0. The first-order chi connectivity index (χ1) is 23.5. The minimum Gasteiger partial charge on any atom is -0.184 e. The van der Waals surface area contributed by atoms with Gasteiger partial charge in [-0.15, -0.1) is 0 Å². The van der Waals surface area contributed by atoms with E-state index in [9.17, 15) is 13.2 Å². The van der Waals surface area contributed by atoms with Gasteiger partial charge in [-0.05, 0) is 47.7 Å². The zero-order valence-corrected chi connectivity index (χ0v) is 29.8. The third kappa shape index (κ3) is 11.5. The van der Waals surface area contributed by atoms with Gasteiger partial charge in [0.05, 0.1) is 0 Å². The molecule has 7 rings (SSSR count). The third-order valence-electron chi connectivity index (χ3n) is 7.13. The summed E-state index contributed by atoms with van der Waals surface area (Å²) in [6, 6.07) is 71.6. The van der Waals surface area contributed by atoms with Crippen molar-refractivity contribution in [3.63, 3.8) is 0 Å². The molecule has 0 fully saturated rings. The van der Waals surface area contributed by atoms with Crippen LogP contribution in [-0.4, -0.2) is 0 Å². The van der Waals surface area contributed by atoms with Crippen LogP contribution in [0.3, 0.4) is 0 Å². The Balaban J connectivity index is 0.000000172. The van der Waals surface area contributed by atoms with Crippen molar-refractivity contribution in [2.75, 3.05) is 0 Å². The normalized spacial score (nSPS) is 10.6. The van der Waals surface area contributed by atoms with E-state index in [4.69, 9.17) is 0 Å². The molecule has 0 bridgehead atoms. The van der Waals surface area contributed by atoms with E-state index in [1.807, 2.05) is 0 Å². The molecule has 0 heterocycles. The summed E-state index contributed by atoms with van der Waals surface area (Å²) in [5.41, 5.74) is -0.633. The summed E-state index contributed by atoms with van der Waals surface area (Å²) in [5.74, 6) is 0. The van der Waals surface area contributed by atoms with Gasteiger partial charge in [0.25, 0.3) is 0 Å². The summed E-state index contributed by atoms with van der Waals surface area (Å²) in [4.78, 5) is 0. The van der Waals surface area contributed by atoms with Crippen LogP contribution in [0.1, 0.15) is 5.56 Å². The number of halogens is 3. The van der Waals surface area contributed by atoms with Gasteiger partial charge in [0.2, 0.25) is 0 Å². The Bertz CT molecular complexity index is 1570. The molecule has 49 heavy (non-hydrogen) atoms. The topological polar surface area (TPSA) is 0 Å². The minimum absolute atomic E-state index is 0. The maximum Gasteiger partial charge on any atom is 0.394 e. The Morgan fingerprint density at radius 1 is 0.327 bits per heavy atom. The maximum absolute atomic E-state index is 11.8. The maximum atomic E-state index is 11.8. The van der Waals surface area contributed by atoms with Crippen molar-refractivity contribution in [2.45, 2.75) is 6.18 Å². The quantitative estimate of drug-likeness (QED) is 0.0898. The first-order valence-corrected chi connectivity index (χ1v) is 18.1. The van der Waals surface area contributed by atoms with Gasteiger partial charge in [-0.3, -0.25) is 0 Å². The average molecular weight is 776 g/mol. The van der Waals surface area contributed by atoms with Gasteiger partial charge in [0, 0.05) is 20.4 Å². The molecule has 7 aromatic rings. The van der Waals surface area contributed by atoms with E-state index in [2.05, 4.69) is 188 Å². The van der Waals surface area contributed by atoms with Crippen molar-refractivity contribution in [2.24, 2.45) is 0 Å². The van der Waals surface area contributed by atoms with Gasteiger partial charge in [-0.1, -0.05) is 188 Å². The molecule has 7 aromatic carbocycles. The zero-order chi connectivity index (χ0) is 33.4. The van der Waals surface area contributed by atoms with Crippen LogP contribution in [0, 0.1) is 6.07 Å². The molecule has 248 valence electrons. The predicted octanol–water partition coefficient (Wildman–Crippen LogP) is 9.39. The van der Waals surface area contributed by atoms with E-state index < -0.39 is 27.6 Å². The van der Waals surface area contributed by atoms with Gasteiger partial charge in [0.15, 0.2) is 0 Å². The smallest absolute Gasteiger partial charge is 0.184 e. The Kier molecular flexibility index (Phi) is 15.2. The van der Waals surface area contributed by atoms with E-state index in [0.717, 1.165) is 12.1 Å². The number of rotatable bonds is 6. The largest absolute Gasteiger partial charge is 0.394 e. The molecule has 0 saturated heterocycles. The molecule has 0 aliphatic rings. The fourth-order valence-electron chi connectivity index (χ4n) is 4.93. The molecule has 0 aromatic heterocycles. The number of hydrogen-bond acceptors (Lipinski definition) is 0. The SMILES string of the molecule is FC(F)(F)c1cc[c-]cc1.[Pd].c1ccc(P(c2ccccc2)c2ccccc2)cc1.c1ccc(P(c2ccccc2)c2ccccc2)cc1. The fraction of sp³-hybridized carbons (Fsp3) is 0.0233. The predicted molar refractivity (Wildman–Crippen MR) is 201 cm³/mol. The average Bonchev–Trinajstić information content (AvgIpc) is 3.15. The first kappa shape index (κ1) is 37.7. The number of alkyl halides is 3. The summed E-state index contributed by atoms with van der Waals surface area (Å²) < 4.78 is 35.3. The molecule has 0 aliphatic heterocycles. The van der Waals surface area contributed by atoms with Crippen molar-refractivity contribution >= 4 is 47.7 Å². The molecule has 0 spiro atoms. The molecule has 0 N–H and O–H groups in total. The van der Waals surface area contributed by atoms with Crippen LogP contribution in [0.5, 0.6) is 0 Å². The Morgan fingerprint density at radius 3 is 0.694 bits per heavy atom. The van der Waals surface area contributed by atoms with E-state index in [1.165, 1.54) is 44.0 Å². The molecule has 0 nitrogen and oxygen atoms in total. The van der Waals surface area contributed by atoms with Crippen molar-refractivity contribution in [1.29, 1.82) is 0 Å². The molecule has 6 heteroatoms. The molecule has 0 atom stereocenters. The molecule has 0 radical (unpaired) electrons. The summed E-state index contributed by atoms with van der Waals surface area (Å²) >= 11 is 0. The monoisotopic (exact) mass is 775 g/mol. The summed E-state index contributed by atoms with van der Waals surface area (Å²) in [5, 5.41) is 8.39. The second-order valence-corrected chi connectivity index (χ2v) is 14.9. The van der Waals surface area contributed by atoms with Crippen LogP contribution in [0.4, 0.5) is 13.2 Å². The van der Waals surface area contributed by atoms with Gasteiger partial charge in [0.1, 0.15) is 0 Å². The second-order valence-electron chi connectivity index (χ2n) is 10.5. The molecule has 0 unspecified atom stereocenters. The van der Waals surface area contributed by atoms with E-state index in [1.54, 1.807) is 0 Å². The zero-order valence-electron chi connectivity index (χ0n) is 26.5. The van der Waals surface area contributed by atoms with Gasteiger partial charge >= 0.3 is 6.18 Å². The van der Waals surface area contributed by atoms with Crippen LogP contribution in [0.2, 0.25) is 0 Å². The van der Waals surface area contributed by atoms with Crippen LogP contribution in [-0.2, 0) is 26.6 Å². The third-order valence-corrected chi connectivity index (χ3v) is 12.0. The standard InChI is InChI=1S/2C18H15P.C7H4F3.Pd/c2*1-4-10-16(11-5-1)19(17-12-6-2-7-13-17)18-14-8-3-9-15-18;8-7(9,10)6-4-2-1-3-5-6;/h2*1-15H;2-5H;/q;;-1;. The van der Waals surface area contributed by atoms with Crippen molar-refractivity contribution < 1.29 is 33.6 Å². The minimum atomic E-state index is -4.23. The molecule has 0 amide bonds. The van der Waals surface area contributed by atoms with E-state index in [-0.39, 0.29) is 20.4 Å². The number of hydrogen-bond donors (Lipinski definition) is 0. The Morgan fingerprint density at radius 2 is 0.531 bits per heavy atom. The molecular weight excluding hydrogens is 742 g/mol. The van der Waals surface area contributed by atoms with Crippen molar-refractivity contribution in [3.8, 4) is 0 Å². The fourth-order valence-corrected chi connectivity index (χ4v) is 9.54.